The third-order valence-corrected chi connectivity index (χ3v) is 4.14. The van der Waals surface area contributed by atoms with E-state index >= 15 is 0 Å². The van der Waals surface area contributed by atoms with Gasteiger partial charge in [0.05, 0.1) is 0 Å². The van der Waals surface area contributed by atoms with Crippen LogP contribution in [-0.2, 0) is 4.79 Å². The van der Waals surface area contributed by atoms with E-state index in [9.17, 15) is 4.79 Å². The maximum absolute atomic E-state index is 12.6. The van der Waals surface area contributed by atoms with Crippen molar-refractivity contribution >= 4 is 12.0 Å². The first-order valence-corrected chi connectivity index (χ1v) is 7.76. The van der Waals surface area contributed by atoms with E-state index in [0.29, 0.717) is 6.04 Å². The lowest BCUT2D eigenvalue weighted by atomic mass is 9.93. The van der Waals surface area contributed by atoms with Gasteiger partial charge in [-0.25, -0.2) is 0 Å². The zero-order valence-electron chi connectivity index (χ0n) is 12.6. The SMILES string of the molecule is CCN(C(=O)/C(C)=C/c1ccccc1)C1CCCCC1. The van der Waals surface area contributed by atoms with Crippen LogP contribution in [0, 0.1) is 0 Å². The predicted octanol–water partition coefficient (Wildman–Crippen LogP) is 4.27. The molecule has 0 heterocycles. The topological polar surface area (TPSA) is 20.3 Å². The summed E-state index contributed by atoms with van der Waals surface area (Å²) >= 11 is 0. The molecule has 0 saturated heterocycles. The van der Waals surface area contributed by atoms with Crippen molar-refractivity contribution in [3.63, 3.8) is 0 Å². The van der Waals surface area contributed by atoms with E-state index in [1.807, 2.05) is 43.3 Å². The van der Waals surface area contributed by atoms with Gasteiger partial charge in [-0.3, -0.25) is 4.79 Å². The molecule has 0 radical (unpaired) electrons. The molecule has 2 rings (SSSR count). The van der Waals surface area contributed by atoms with Crippen LogP contribution in [-0.4, -0.2) is 23.4 Å². The quantitative estimate of drug-likeness (QED) is 0.749. The fourth-order valence-corrected chi connectivity index (χ4v) is 3.05. The summed E-state index contributed by atoms with van der Waals surface area (Å²) in [6.07, 6.45) is 8.16. The van der Waals surface area contributed by atoms with Crippen molar-refractivity contribution in [2.75, 3.05) is 6.54 Å². The second kappa shape index (κ2) is 7.28. The number of carbonyl (C=O) groups excluding carboxylic acids is 1. The Balaban J connectivity index is 2.09. The van der Waals surface area contributed by atoms with Crippen LogP contribution in [0.25, 0.3) is 6.08 Å². The normalized spacial score (nSPS) is 17.0. The maximum atomic E-state index is 12.6. The van der Waals surface area contributed by atoms with Gasteiger partial charge < -0.3 is 4.90 Å². The summed E-state index contributed by atoms with van der Waals surface area (Å²) in [5, 5.41) is 0. The fraction of sp³-hybridized carbons (Fsp3) is 0.500. The van der Waals surface area contributed by atoms with Gasteiger partial charge in [0.15, 0.2) is 0 Å². The molecule has 1 fully saturated rings. The van der Waals surface area contributed by atoms with Crippen LogP contribution < -0.4 is 0 Å². The first-order valence-electron chi connectivity index (χ1n) is 7.76. The molecule has 0 N–H and O–H groups in total. The molecule has 0 aliphatic heterocycles. The van der Waals surface area contributed by atoms with Crippen molar-refractivity contribution in [2.24, 2.45) is 0 Å². The Labute approximate surface area is 122 Å². The molecule has 0 spiro atoms. The standard InChI is InChI=1S/C18H25NO/c1-3-19(17-12-8-5-9-13-17)18(20)15(2)14-16-10-6-4-7-11-16/h4,6-7,10-11,14,17H,3,5,8-9,12-13H2,1-2H3/b15-14+. The molecule has 0 atom stereocenters. The molecule has 0 bridgehead atoms. The number of carbonyl (C=O) groups is 1. The highest BCUT2D eigenvalue weighted by Crippen LogP contribution is 2.24. The Morgan fingerprint density at radius 2 is 1.85 bits per heavy atom. The first-order chi connectivity index (χ1) is 9.72. The first kappa shape index (κ1) is 14.8. The summed E-state index contributed by atoms with van der Waals surface area (Å²) in [6, 6.07) is 10.5. The van der Waals surface area contributed by atoms with Gasteiger partial charge >= 0.3 is 0 Å². The minimum atomic E-state index is 0.197. The smallest absolute Gasteiger partial charge is 0.249 e. The fourth-order valence-electron chi connectivity index (χ4n) is 3.05. The van der Waals surface area contributed by atoms with Crippen LogP contribution in [0.15, 0.2) is 35.9 Å². The highest BCUT2D eigenvalue weighted by Gasteiger charge is 2.24. The van der Waals surface area contributed by atoms with E-state index in [0.717, 1.165) is 30.5 Å². The Morgan fingerprint density at radius 3 is 2.45 bits per heavy atom. The molecule has 0 aromatic heterocycles. The summed E-state index contributed by atoms with van der Waals surface area (Å²) < 4.78 is 0. The van der Waals surface area contributed by atoms with Crippen molar-refractivity contribution < 1.29 is 4.79 Å². The lowest BCUT2D eigenvalue weighted by molar-refractivity contribution is -0.129. The lowest BCUT2D eigenvalue weighted by Gasteiger charge is -2.33. The monoisotopic (exact) mass is 271 g/mol. The van der Waals surface area contributed by atoms with Crippen molar-refractivity contribution in [3.05, 3.63) is 41.5 Å². The number of hydrogen-bond donors (Lipinski definition) is 0. The number of nitrogens with zero attached hydrogens (tertiary/aromatic N) is 1. The third-order valence-electron chi connectivity index (χ3n) is 4.14. The van der Waals surface area contributed by atoms with E-state index in [1.165, 1.54) is 19.3 Å². The molecule has 1 aromatic rings. The number of likely N-dealkylation sites (N-methyl/N-ethyl adjacent to an activating group) is 1. The second-order valence-corrected chi connectivity index (χ2v) is 5.62. The molecular weight excluding hydrogens is 246 g/mol. The Bertz CT molecular complexity index is 458. The van der Waals surface area contributed by atoms with Crippen LogP contribution in [0.3, 0.4) is 0 Å². The summed E-state index contributed by atoms with van der Waals surface area (Å²) in [7, 11) is 0. The van der Waals surface area contributed by atoms with Crippen LogP contribution in [0.2, 0.25) is 0 Å². The predicted molar refractivity (Wildman–Crippen MR) is 84.4 cm³/mol. The molecular formula is C18H25NO. The van der Waals surface area contributed by atoms with Crippen molar-refractivity contribution in [1.29, 1.82) is 0 Å². The van der Waals surface area contributed by atoms with Gasteiger partial charge in [-0.15, -0.1) is 0 Å². The minimum absolute atomic E-state index is 0.197. The Morgan fingerprint density at radius 1 is 1.20 bits per heavy atom. The number of rotatable bonds is 4. The maximum Gasteiger partial charge on any atom is 0.249 e. The highest BCUT2D eigenvalue weighted by atomic mass is 16.2. The molecule has 2 nitrogen and oxygen atoms in total. The van der Waals surface area contributed by atoms with Gasteiger partial charge in [-0.2, -0.15) is 0 Å². The van der Waals surface area contributed by atoms with Crippen LogP contribution in [0.4, 0.5) is 0 Å². The molecule has 0 unspecified atom stereocenters. The van der Waals surface area contributed by atoms with E-state index in [1.54, 1.807) is 0 Å². The second-order valence-electron chi connectivity index (χ2n) is 5.62. The zero-order chi connectivity index (χ0) is 14.4. The van der Waals surface area contributed by atoms with Crippen LogP contribution in [0.5, 0.6) is 0 Å². The third kappa shape index (κ3) is 3.72. The Kier molecular flexibility index (Phi) is 5.40. The lowest BCUT2D eigenvalue weighted by Crippen LogP contribution is -2.41. The van der Waals surface area contributed by atoms with Gasteiger partial charge in [-0.05, 0) is 38.3 Å². The number of benzene rings is 1. The summed E-state index contributed by atoms with van der Waals surface area (Å²) in [4.78, 5) is 14.7. The van der Waals surface area contributed by atoms with E-state index in [-0.39, 0.29) is 5.91 Å². The van der Waals surface area contributed by atoms with Gasteiger partial charge in [0.1, 0.15) is 0 Å². The van der Waals surface area contributed by atoms with Crippen molar-refractivity contribution in [2.45, 2.75) is 52.0 Å². The van der Waals surface area contributed by atoms with Crippen molar-refractivity contribution in [3.8, 4) is 0 Å². The van der Waals surface area contributed by atoms with E-state index < -0.39 is 0 Å². The molecule has 1 aromatic carbocycles. The molecule has 1 aliphatic carbocycles. The molecule has 108 valence electrons. The molecule has 2 heteroatoms. The average molecular weight is 271 g/mol. The van der Waals surface area contributed by atoms with Crippen LogP contribution >= 0.6 is 0 Å². The van der Waals surface area contributed by atoms with E-state index in [4.69, 9.17) is 0 Å². The van der Waals surface area contributed by atoms with Crippen molar-refractivity contribution in [1.82, 2.24) is 4.90 Å². The minimum Gasteiger partial charge on any atom is -0.336 e. The summed E-state index contributed by atoms with van der Waals surface area (Å²) in [6.45, 7) is 4.83. The zero-order valence-corrected chi connectivity index (χ0v) is 12.6. The molecule has 1 aliphatic rings. The van der Waals surface area contributed by atoms with Crippen LogP contribution in [0.1, 0.15) is 51.5 Å². The van der Waals surface area contributed by atoms with E-state index in [2.05, 4.69) is 11.8 Å². The molecule has 20 heavy (non-hydrogen) atoms. The molecule has 1 amide bonds. The van der Waals surface area contributed by atoms with Gasteiger partial charge in [-0.1, -0.05) is 49.6 Å². The van der Waals surface area contributed by atoms with Gasteiger partial charge in [0.25, 0.3) is 0 Å². The largest absolute Gasteiger partial charge is 0.336 e. The van der Waals surface area contributed by atoms with Gasteiger partial charge in [0.2, 0.25) is 5.91 Å². The summed E-state index contributed by atoms with van der Waals surface area (Å²) in [5.74, 6) is 0.197. The summed E-state index contributed by atoms with van der Waals surface area (Å²) in [5.41, 5.74) is 1.93. The highest BCUT2D eigenvalue weighted by molar-refractivity contribution is 5.97. The average Bonchev–Trinajstić information content (AvgIpc) is 2.50. The van der Waals surface area contributed by atoms with Gasteiger partial charge in [0, 0.05) is 18.2 Å². The Hall–Kier alpha value is -1.57. The number of hydrogen-bond acceptors (Lipinski definition) is 1. The molecule has 1 saturated carbocycles. The number of amides is 1.